The fraction of sp³-hybridized carbons (Fsp3) is 0.0141. The molecule has 0 saturated heterocycles. The Hall–Kier alpha value is -11.0. The number of para-hydroxylation sites is 6. The Labute approximate surface area is 477 Å². The fourth-order valence-electron chi connectivity index (χ4n) is 11.6. The van der Waals surface area contributed by atoms with Crippen LogP contribution in [-0.2, 0) is 35.6 Å². The minimum Gasteiger partial charge on any atom is -0.473 e. The highest BCUT2D eigenvalue weighted by Gasteiger charge is 2.44. The zero-order chi connectivity index (χ0) is 57.7. The Morgan fingerprint density at radius 2 is 1.06 bits per heavy atom. The van der Waals surface area contributed by atoms with Gasteiger partial charge in [-0.15, -0.1) is 0 Å². The standard InChI is InChI=1S/2C32H19NO2.C7H4.H2O7/c34-31-23-10-3-5-14-27(23)33-28-15-6-4-12-25(28)32(26-13-7-11-24(31)30(26)33)19-18-22-21-9-2-1-8-20(21)16-17-29(22)35-32;34-30-19-16-20-8-1-2-9-21(20)24(30)18-17-22-23-10-3-5-14-28(23)33-29-15-6-4-11-26(29)32(35)27-13-7-12-25(22)31(27)33;2*1-3-5-7-6-4-2/h2*1-19H;1-2H2;1-2H. The summed E-state index contributed by atoms with van der Waals surface area (Å²) in [4.78, 5) is 39.9. The number of rotatable bonds is 5. The molecule has 1 aliphatic carbocycles. The first-order chi connectivity index (χ1) is 41.3. The molecule has 1 atom stereocenters. The molecule has 13 nitrogen and oxygen atoms in total. The van der Waals surface area contributed by atoms with Crippen molar-refractivity contribution >= 4 is 100 Å². The Balaban J connectivity index is 0.000000135. The van der Waals surface area contributed by atoms with E-state index in [-0.39, 0.29) is 16.6 Å². The zero-order valence-electron chi connectivity index (χ0n) is 44.3. The predicted octanol–water partition coefficient (Wildman–Crippen LogP) is 14.2. The Kier molecular flexibility index (Phi) is 14.8. The molecule has 5 heterocycles. The van der Waals surface area contributed by atoms with Crippen molar-refractivity contribution in [3.05, 3.63) is 308 Å². The van der Waals surface area contributed by atoms with E-state index in [1.807, 2.05) is 133 Å². The molecule has 1 spiro atoms. The van der Waals surface area contributed by atoms with Crippen molar-refractivity contribution in [1.29, 1.82) is 0 Å². The van der Waals surface area contributed by atoms with E-state index in [0.717, 1.165) is 88.2 Å². The number of fused-ring (bicyclic) bond motifs is 14. The second-order valence-corrected chi connectivity index (χ2v) is 19.2. The molecule has 0 amide bonds. The van der Waals surface area contributed by atoms with Crippen LogP contribution in [0.5, 0.6) is 5.75 Å². The summed E-state index contributed by atoms with van der Waals surface area (Å²) < 4.78 is 11.4. The number of benzene rings is 9. The highest BCUT2D eigenvalue weighted by Crippen LogP contribution is 2.50. The summed E-state index contributed by atoms with van der Waals surface area (Å²) in [5, 5.41) is 37.7. The normalized spacial score (nSPS) is 14.7. The highest BCUT2D eigenvalue weighted by molar-refractivity contribution is 6.30. The molecular formula is C71H44N2O11. The van der Waals surface area contributed by atoms with E-state index in [1.165, 1.54) is 10.8 Å². The number of hydrogen-bond acceptors (Lipinski definition) is 11. The summed E-state index contributed by atoms with van der Waals surface area (Å²) in [5.74, 6) is 0.833. The van der Waals surface area contributed by atoms with Gasteiger partial charge in [-0.3, -0.25) is 14.4 Å². The van der Waals surface area contributed by atoms with Gasteiger partial charge in [-0.05, 0) is 162 Å². The summed E-state index contributed by atoms with van der Waals surface area (Å²) in [6.07, 6.45) is 11.8. The van der Waals surface area contributed by atoms with Crippen LogP contribution in [-0.4, -0.2) is 25.3 Å². The van der Waals surface area contributed by atoms with Crippen LogP contribution in [0.25, 0.3) is 100 Å². The third-order valence-electron chi connectivity index (χ3n) is 14.9. The summed E-state index contributed by atoms with van der Waals surface area (Å²) >= 11 is 0. The molecular weight excluding hydrogens is 1060 g/mol. The Morgan fingerprint density at radius 1 is 0.488 bits per heavy atom. The third-order valence-corrected chi connectivity index (χ3v) is 14.9. The van der Waals surface area contributed by atoms with Crippen molar-refractivity contribution in [1.82, 2.24) is 8.97 Å². The van der Waals surface area contributed by atoms with E-state index in [4.69, 9.17) is 15.3 Å². The molecule has 84 heavy (non-hydrogen) atoms. The van der Waals surface area contributed by atoms with Crippen molar-refractivity contribution < 1.29 is 45.2 Å². The van der Waals surface area contributed by atoms with Gasteiger partial charge in [0.1, 0.15) is 5.75 Å². The van der Waals surface area contributed by atoms with Gasteiger partial charge in [-0.2, -0.15) is 0 Å². The maximum Gasteiger partial charge on any atom is 0.197 e. The molecule has 3 aromatic heterocycles. The molecule has 15 rings (SSSR count). The quantitative estimate of drug-likeness (QED) is 0.0322. The summed E-state index contributed by atoms with van der Waals surface area (Å²) in [6.45, 7) is 6.49. The van der Waals surface area contributed by atoms with E-state index in [2.05, 4.69) is 167 Å². The average molecular weight is 1100 g/mol. The average Bonchev–Trinajstić information content (AvgIpc) is 0.925. The summed E-state index contributed by atoms with van der Waals surface area (Å²) in [6, 6.07) is 64.6. The third kappa shape index (κ3) is 9.33. The van der Waals surface area contributed by atoms with Crippen LogP contribution in [0.1, 0.15) is 27.8 Å². The monoisotopic (exact) mass is 1100 g/mol. The molecule has 0 bridgehead atoms. The van der Waals surface area contributed by atoms with E-state index in [1.54, 1.807) is 6.08 Å². The van der Waals surface area contributed by atoms with Crippen molar-refractivity contribution in [2.45, 2.75) is 5.60 Å². The molecule has 3 aliphatic rings. The maximum atomic E-state index is 13.6. The topological polar surface area (TPSA) is 156 Å². The number of carbonyl (C=O) groups is 1. The zero-order valence-corrected chi connectivity index (χ0v) is 44.3. The van der Waals surface area contributed by atoms with Gasteiger partial charge in [-0.1, -0.05) is 163 Å². The molecule has 12 aromatic rings. The van der Waals surface area contributed by atoms with Crippen LogP contribution in [0.2, 0.25) is 0 Å². The SMILES string of the molecule is C=C=C=C=C=C=C.O=C1C=Cc2ccccc2C1=CC=c1c2ccccc2n2c3ccccc3c(=O)c3cccc1c32.O=c1c2ccccc2n2c3c(cccc13)C1(C=Cc3c(ccc4ccccc34)O1)c1ccccc1-2.OOOOOOO. The van der Waals surface area contributed by atoms with Crippen molar-refractivity contribution in [3.63, 3.8) is 0 Å². The molecule has 0 fully saturated rings. The molecule has 0 saturated carbocycles. The van der Waals surface area contributed by atoms with Crippen LogP contribution in [0.4, 0.5) is 0 Å². The first-order valence-electron chi connectivity index (χ1n) is 26.2. The van der Waals surface area contributed by atoms with Gasteiger partial charge >= 0.3 is 0 Å². The lowest BCUT2D eigenvalue weighted by Crippen LogP contribution is -2.39. The largest absolute Gasteiger partial charge is 0.473 e. The number of nitrogens with zero attached hydrogens (tertiary/aromatic N) is 2. The lowest BCUT2D eigenvalue weighted by molar-refractivity contribution is -0.784. The second kappa shape index (κ2) is 23.2. The first kappa shape index (κ1) is 53.6. The second-order valence-electron chi connectivity index (χ2n) is 19.2. The van der Waals surface area contributed by atoms with Gasteiger partial charge in [0.05, 0.1) is 33.3 Å². The molecule has 404 valence electrons. The van der Waals surface area contributed by atoms with E-state index in [9.17, 15) is 14.4 Å². The number of pyridine rings is 3. The lowest BCUT2D eigenvalue weighted by atomic mass is 9.78. The number of hydrogen-bond donors (Lipinski definition) is 2. The van der Waals surface area contributed by atoms with Gasteiger partial charge in [0, 0.05) is 54.6 Å². The molecule has 1 unspecified atom stereocenters. The first-order valence-corrected chi connectivity index (χ1v) is 26.2. The number of ether oxygens (including phenoxy) is 1. The minimum absolute atomic E-state index is 0.00883. The van der Waals surface area contributed by atoms with E-state index >= 15 is 0 Å². The van der Waals surface area contributed by atoms with E-state index in [0.29, 0.717) is 21.7 Å². The van der Waals surface area contributed by atoms with Crippen LogP contribution in [0.3, 0.4) is 0 Å². The summed E-state index contributed by atoms with van der Waals surface area (Å²) in [7, 11) is 0. The fourth-order valence-corrected chi connectivity index (χ4v) is 11.6. The molecule has 13 heteroatoms. The van der Waals surface area contributed by atoms with E-state index < -0.39 is 5.60 Å². The van der Waals surface area contributed by atoms with Gasteiger partial charge in [0.2, 0.25) is 0 Å². The number of ketones is 1. The number of allylic oxidation sites excluding steroid dienone is 3. The van der Waals surface area contributed by atoms with Crippen LogP contribution < -0.4 is 20.8 Å². The molecule has 2 N–H and O–H groups in total. The van der Waals surface area contributed by atoms with Gasteiger partial charge in [-0.25, -0.2) is 10.5 Å². The van der Waals surface area contributed by atoms with Crippen molar-refractivity contribution in [3.8, 4) is 11.4 Å². The number of carbonyl (C=O) groups excluding carboxylic acids is 1. The minimum atomic E-state index is -0.833. The van der Waals surface area contributed by atoms with Crippen molar-refractivity contribution in [2.75, 3.05) is 0 Å². The predicted molar refractivity (Wildman–Crippen MR) is 325 cm³/mol. The molecule has 9 aromatic carbocycles. The molecule has 2 aliphatic heterocycles. The van der Waals surface area contributed by atoms with Gasteiger partial charge in [0.25, 0.3) is 0 Å². The lowest BCUT2D eigenvalue weighted by Gasteiger charge is -2.41. The van der Waals surface area contributed by atoms with Crippen molar-refractivity contribution in [2.24, 2.45) is 0 Å². The Bertz CT molecular complexity index is 5150. The highest BCUT2D eigenvalue weighted by atomic mass is 17.9. The smallest absolute Gasteiger partial charge is 0.197 e. The molecule has 0 radical (unpaired) electrons. The maximum absolute atomic E-state index is 13.6. The summed E-state index contributed by atoms with van der Waals surface area (Å²) in [5.41, 5.74) is 22.7. The number of aromatic nitrogens is 2. The van der Waals surface area contributed by atoms with Gasteiger partial charge in [0.15, 0.2) is 22.2 Å². The van der Waals surface area contributed by atoms with Crippen LogP contribution >= 0.6 is 0 Å². The van der Waals surface area contributed by atoms with Gasteiger partial charge < -0.3 is 13.7 Å². The Morgan fingerprint density at radius 3 is 1.80 bits per heavy atom. The van der Waals surface area contributed by atoms with Crippen LogP contribution in [0, 0.1) is 0 Å². The van der Waals surface area contributed by atoms with Crippen LogP contribution in [0.15, 0.2) is 264 Å².